The van der Waals surface area contributed by atoms with Crippen LogP contribution in [0, 0.1) is 0 Å². The average Bonchev–Trinajstić information content (AvgIpc) is 2.87. The summed E-state index contributed by atoms with van der Waals surface area (Å²) in [7, 11) is 3.64. The second kappa shape index (κ2) is 6.26. The summed E-state index contributed by atoms with van der Waals surface area (Å²) in [6.07, 6.45) is 2.44. The first kappa shape index (κ1) is 14.2. The van der Waals surface area contributed by atoms with E-state index < -0.39 is 0 Å². The van der Waals surface area contributed by atoms with Crippen molar-refractivity contribution in [2.45, 2.75) is 31.8 Å². The van der Waals surface area contributed by atoms with Crippen LogP contribution in [0.25, 0.3) is 0 Å². The zero-order chi connectivity index (χ0) is 13.8. The molecule has 1 heterocycles. The first-order valence-electron chi connectivity index (χ1n) is 6.94. The van der Waals surface area contributed by atoms with Crippen LogP contribution in [0.4, 0.5) is 0 Å². The van der Waals surface area contributed by atoms with E-state index in [0.29, 0.717) is 11.8 Å². The van der Waals surface area contributed by atoms with Gasteiger partial charge in [-0.2, -0.15) is 0 Å². The van der Waals surface area contributed by atoms with Crippen molar-refractivity contribution in [3.8, 4) is 11.5 Å². The van der Waals surface area contributed by atoms with Gasteiger partial charge in [0.15, 0.2) is 0 Å². The molecule has 0 bridgehead atoms. The molecule has 4 heteroatoms. The number of likely N-dealkylation sites (N-methyl/N-ethyl adjacent to an activating group) is 1. The molecule has 0 amide bonds. The highest BCUT2D eigenvalue weighted by Gasteiger charge is 2.29. The lowest BCUT2D eigenvalue weighted by atomic mass is 10.0. The van der Waals surface area contributed by atoms with Gasteiger partial charge in [-0.3, -0.25) is 4.90 Å². The molecule has 106 valence electrons. The molecule has 1 aromatic carbocycles. The van der Waals surface area contributed by atoms with Crippen molar-refractivity contribution in [1.82, 2.24) is 10.2 Å². The standard InChI is InChI=1S/C15H24N2O2/c1-11(17-8-4-5-12(17)10-16-2)14-9-13(19-3)6-7-15(14)18/h6-7,9,11-12,16,18H,4-5,8,10H2,1-3H3. The van der Waals surface area contributed by atoms with Crippen molar-refractivity contribution >= 4 is 0 Å². The third-order valence-electron chi connectivity index (χ3n) is 4.04. The molecule has 1 fully saturated rings. The van der Waals surface area contributed by atoms with Crippen molar-refractivity contribution in [2.24, 2.45) is 0 Å². The van der Waals surface area contributed by atoms with Crippen molar-refractivity contribution in [2.75, 3.05) is 27.2 Å². The van der Waals surface area contributed by atoms with Crippen LogP contribution in [-0.2, 0) is 0 Å². The molecule has 0 spiro atoms. The van der Waals surface area contributed by atoms with E-state index in [1.165, 1.54) is 12.8 Å². The number of aromatic hydroxyl groups is 1. The molecule has 19 heavy (non-hydrogen) atoms. The van der Waals surface area contributed by atoms with Crippen LogP contribution < -0.4 is 10.1 Å². The first-order chi connectivity index (χ1) is 9.17. The third kappa shape index (κ3) is 3.01. The molecule has 0 saturated carbocycles. The van der Waals surface area contributed by atoms with Crippen LogP contribution in [0.1, 0.15) is 31.4 Å². The van der Waals surface area contributed by atoms with Gasteiger partial charge < -0.3 is 15.2 Å². The number of phenolic OH excluding ortho intramolecular Hbond substituents is 1. The molecule has 1 saturated heterocycles. The molecular formula is C15H24N2O2. The lowest BCUT2D eigenvalue weighted by Gasteiger charge is -2.31. The molecule has 1 aliphatic heterocycles. The maximum absolute atomic E-state index is 10.1. The smallest absolute Gasteiger partial charge is 0.120 e. The van der Waals surface area contributed by atoms with Crippen LogP contribution in [0.5, 0.6) is 11.5 Å². The molecule has 2 N–H and O–H groups in total. The van der Waals surface area contributed by atoms with Gasteiger partial charge in [-0.1, -0.05) is 0 Å². The highest BCUT2D eigenvalue weighted by Crippen LogP contribution is 2.35. The predicted octanol–water partition coefficient (Wildman–Crippen LogP) is 2.15. The van der Waals surface area contributed by atoms with Gasteiger partial charge >= 0.3 is 0 Å². The summed E-state index contributed by atoms with van der Waals surface area (Å²) in [5, 5.41) is 13.3. The summed E-state index contributed by atoms with van der Waals surface area (Å²) >= 11 is 0. The van der Waals surface area contributed by atoms with Gasteiger partial charge in [-0.05, 0) is 51.6 Å². The Morgan fingerprint density at radius 1 is 1.53 bits per heavy atom. The maximum atomic E-state index is 10.1. The summed E-state index contributed by atoms with van der Waals surface area (Å²) in [6.45, 7) is 4.24. The number of ether oxygens (including phenoxy) is 1. The van der Waals surface area contributed by atoms with E-state index in [2.05, 4.69) is 17.1 Å². The molecule has 2 unspecified atom stereocenters. The van der Waals surface area contributed by atoms with Crippen LogP contribution in [0.2, 0.25) is 0 Å². The summed E-state index contributed by atoms with van der Waals surface area (Å²) in [4.78, 5) is 2.46. The van der Waals surface area contributed by atoms with Gasteiger partial charge in [-0.25, -0.2) is 0 Å². The minimum atomic E-state index is 0.205. The zero-order valence-electron chi connectivity index (χ0n) is 12.0. The summed E-state index contributed by atoms with van der Waals surface area (Å²) < 4.78 is 5.26. The van der Waals surface area contributed by atoms with Crippen LogP contribution >= 0.6 is 0 Å². The van der Waals surface area contributed by atoms with Gasteiger partial charge in [0.1, 0.15) is 11.5 Å². The Morgan fingerprint density at radius 2 is 2.32 bits per heavy atom. The van der Waals surface area contributed by atoms with Crippen LogP contribution in [-0.4, -0.2) is 43.3 Å². The Morgan fingerprint density at radius 3 is 3.00 bits per heavy atom. The number of rotatable bonds is 5. The fourth-order valence-corrected chi connectivity index (χ4v) is 3.00. The fraction of sp³-hybridized carbons (Fsp3) is 0.600. The predicted molar refractivity (Wildman–Crippen MR) is 76.7 cm³/mol. The van der Waals surface area contributed by atoms with E-state index in [1.807, 2.05) is 13.1 Å². The lowest BCUT2D eigenvalue weighted by Crippen LogP contribution is -2.38. The van der Waals surface area contributed by atoms with E-state index >= 15 is 0 Å². The Hall–Kier alpha value is -1.26. The number of hydrogen-bond acceptors (Lipinski definition) is 4. The molecule has 0 radical (unpaired) electrons. The van der Waals surface area contributed by atoms with E-state index in [-0.39, 0.29) is 6.04 Å². The SMILES string of the molecule is CNCC1CCCN1C(C)c1cc(OC)ccc1O. The monoisotopic (exact) mass is 264 g/mol. The molecule has 0 aliphatic carbocycles. The van der Waals surface area contributed by atoms with E-state index in [9.17, 15) is 5.11 Å². The van der Waals surface area contributed by atoms with Crippen molar-refractivity contribution in [1.29, 1.82) is 0 Å². The highest BCUT2D eigenvalue weighted by atomic mass is 16.5. The van der Waals surface area contributed by atoms with Gasteiger partial charge in [0.2, 0.25) is 0 Å². The second-order valence-corrected chi connectivity index (χ2v) is 5.19. The second-order valence-electron chi connectivity index (χ2n) is 5.19. The molecule has 1 aliphatic rings. The normalized spacial score (nSPS) is 21.5. The van der Waals surface area contributed by atoms with Gasteiger partial charge in [0, 0.05) is 24.2 Å². The minimum Gasteiger partial charge on any atom is -0.508 e. The van der Waals surface area contributed by atoms with E-state index in [4.69, 9.17) is 4.74 Å². The third-order valence-corrected chi connectivity index (χ3v) is 4.04. The number of nitrogens with one attached hydrogen (secondary N) is 1. The number of hydrogen-bond donors (Lipinski definition) is 2. The summed E-state index contributed by atoms with van der Waals surface area (Å²) in [5.74, 6) is 1.15. The summed E-state index contributed by atoms with van der Waals surface area (Å²) in [6, 6.07) is 6.20. The Kier molecular flexibility index (Phi) is 4.66. The number of likely N-dealkylation sites (tertiary alicyclic amines) is 1. The van der Waals surface area contributed by atoms with E-state index in [1.54, 1.807) is 19.2 Å². The van der Waals surface area contributed by atoms with Crippen molar-refractivity contribution in [3.05, 3.63) is 23.8 Å². The quantitative estimate of drug-likeness (QED) is 0.855. The molecule has 4 nitrogen and oxygen atoms in total. The largest absolute Gasteiger partial charge is 0.508 e. The first-order valence-corrected chi connectivity index (χ1v) is 6.94. The lowest BCUT2D eigenvalue weighted by molar-refractivity contribution is 0.188. The van der Waals surface area contributed by atoms with E-state index in [0.717, 1.165) is 24.4 Å². The average molecular weight is 264 g/mol. The van der Waals surface area contributed by atoms with Crippen molar-refractivity contribution < 1.29 is 9.84 Å². The molecular weight excluding hydrogens is 240 g/mol. The number of methoxy groups -OCH3 is 1. The van der Waals surface area contributed by atoms with Crippen molar-refractivity contribution in [3.63, 3.8) is 0 Å². The number of nitrogens with zero attached hydrogens (tertiary/aromatic N) is 1. The fourth-order valence-electron chi connectivity index (χ4n) is 3.00. The molecule has 1 aromatic rings. The Bertz CT molecular complexity index is 423. The maximum Gasteiger partial charge on any atom is 0.120 e. The molecule has 2 rings (SSSR count). The minimum absolute atomic E-state index is 0.205. The zero-order valence-corrected chi connectivity index (χ0v) is 12.0. The van der Waals surface area contributed by atoms with Gasteiger partial charge in [-0.15, -0.1) is 0 Å². The molecule has 0 aromatic heterocycles. The molecule has 2 atom stereocenters. The van der Waals surface area contributed by atoms with Crippen LogP contribution in [0.3, 0.4) is 0 Å². The number of phenols is 1. The van der Waals surface area contributed by atoms with Crippen LogP contribution in [0.15, 0.2) is 18.2 Å². The van der Waals surface area contributed by atoms with Gasteiger partial charge in [0.25, 0.3) is 0 Å². The highest BCUT2D eigenvalue weighted by molar-refractivity contribution is 5.41. The number of benzene rings is 1. The topological polar surface area (TPSA) is 44.7 Å². The van der Waals surface area contributed by atoms with Gasteiger partial charge in [0.05, 0.1) is 7.11 Å². The summed E-state index contributed by atoms with van der Waals surface area (Å²) in [5.41, 5.74) is 0.947. The Labute approximate surface area is 115 Å². The Balaban J connectivity index is 2.20.